The van der Waals surface area contributed by atoms with Gasteiger partial charge in [-0.2, -0.15) is 0 Å². The molecule has 0 radical (unpaired) electrons. The van der Waals surface area contributed by atoms with Gasteiger partial charge < -0.3 is 15.2 Å². The van der Waals surface area contributed by atoms with Crippen LogP contribution < -0.4 is 5.73 Å². The first-order valence-corrected chi connectivity index (χ1v) is 5.82. The smallest absolute Gasteiger partial charge is 0.158 e. The van der Waals surface area contributed by atoms with Crippen molar-refractivity contribution in [3.8, 4) is 0 Å². The summed E-state index contributed by atoms with van der Waals surface area (Å²) in [6.07, 6.45) is 4.72. The van der Waals surface area contributed by atoms with Crippen LogP contribution in [0.2, 0.25) is 0 Å². The predicted molar refractivity (Wildman–Crippen MR) is 65.1 cm³/mol. The van der Waals surface area contributed by atoms with E-state index in [1.807, 2.05) is 12.1 Å². The normalized spacial score (nSPS) is 21.4. The van der Waals surface area contributed by atoms with Crippen LogP contribution in [0.1, 0.15) is 19.3 Å². The second kappa shape index (κ2) is 6.32. The van der Waals surface area contributed by atoms with Crippen LogP contribution in [0.4, 0.5) is 5.82 Å². The maximum absolute atomic E-state index is 5.75. The highest BCUT2D eigenvalue weighted by Gasteiger charge is 2.14. The first-order valence-electron chi connectivity index (χ1n) is 5.82. The molecule has 0 saturated carbocycles. The summed E-state index contributed by atoms with van der Waals surface area (Å²) in [5, 5.41) is 0. The maximum Gasteiger partial charge on any atom is 0.158 e. The number of amidine groups is 1. The molecule has 1 unspecified atom stereocenters. The number of nitrogens with two attached hydrogens (primary N) is 1. The number of aliphatic imine (C=N–C) groups is 1. The van der Waals surface area contributed by atoms with E-state index in [0.717, 1.165) is 25.9 Å². The first-order chi connectivity index (χ1) is 8.34. The topological polar surface area (TPSA) is 69.7 Å². The molecule has 0 bridgehead atoms. The van der Waals surface area contributed by atoms with Gasteiger partial charge in [-0.05, 0) is 31.4 Å². The van der Waals surface area contributed by atoms with E-state index in [0.29, 0.717) is 11.7 Å². The van der Waals surface area contributed by atoms with E-state index in [1.165, 1.54) is 0 Å². The quantitative estimate of drug-likeness (QED) is 0.636. The molecule has 17 heavy (non-hydrogen) atoms. The van der Waals surface area contributed by atoms with Crippen molar-refractivity contribution in [3.05, 3.63) is 24.4 Å². The van der Waals surface area contributed by atoms with Crippen molar-refractivity contribution in [1.29, 1.82) is 0 Å². The first kappa shape index (κ1) is 12.0. The molecule has 5 heteroatoms. The lowest BCUT2D eigenvalue weighted by atomic mass is 10.2. The summed E-state index contributed by atoms with van der Waals surface area (Å²) in [5.41, 5.74) is 5.75. The summed E-state index contributed by atoms with van der Waals surface area (Å²) in [6, 6.07) is 5.50. The van der Waals surface area contributed by atoms with E-state index in [-0.39, 0.29) is 12.9 Å². The Labute approximate surface area is 101 Å². The lowest BCUT2D eigenvalue weighted by Crippen LogP contribution is -2.28. The minimum atomic E-state index is -0.138. The van der Waals surface area contributed by atoms with Crippen LogP contribution >= 0.6 is 0 Å². The van der Waals surface area contributed by atoms with Crippen molar-refractivity contribution in [2.75, 3.05) is 13.2 Å². The Kier molecular flexibility index (Phi) is 4.46. The van der Waals surface area contributed by atoms with Crippen LogP contribution in [0.3, 0.4) is 0 Å². The lowest BCUT2D eigenvalue weighted by molar-refractivity contribution is -0.152. The van der Waals surface area contributed by atoms with Crippen LogP contribution in [0.5, 0.6) is 0 Å². The fraction of sp³-hybridized carbons (Fsp3) is 0.500. The number of aromatic nitrogens is 1. The number of hydrogen-bond acceptors (Lipinski definition) is 4. The largest absolute Gasteiger partial charge is 0.385 e. The Bertz CT molecular complexity index is 361. The lowest BCUT2D eigenvalue weighted by Gasteiger charge is -2.22. The van der Waals surface area contributed by atoms with Crippen LogP contribution in [0.25, 0.3) is 0 Å². The highest BCUT2D eigenvalue weighted by molar-refractivity contribution is 5.83. The molecule has 2 N–H and O–H groups in total. The van der Waals surface area contributed by atoms with E-state index >= 15 is 0 Å². The summed E-state index contributed by atoms with van der Waals surface area (Å²) < 4.78 is 10.9. The van der Waals surface area contributed by atoms with Crippen molar-refractivity contribution in [2.45, 2.75) is 25.6 Å². The fourth-order valence-electron chi connectivity index (χ4n) is 1.62. The Morgan fingerprint density at radius 1 is 1.53 bits per heavy atom. The molecule has 92 valence electrons. The molecule has 5 nitrogen and oxygen atoms in total. The molecule has 1 aromatic heterocycles. The third-order valence-corrected chi connectivity index (χ3v) is 2.46. The molecule has 0 amide bonds. The van der Waals surface area contributed by atoms with E-state index in [9.17, 15) is 0 Å². The zero-order valence-electron chi connectivity index (χ0n) is 9.71. The molecule has 1 aromatic rings. The van der Waals surface area contributed by atoms with Crippen LogP contribution in [0, 0.1) is 0 Å². The number of rotatable bonds is 4. The Morgan fingerprint density at radius 2 is 2.47 bits per heavy atom. The van der Waals surface area contributed by atoms with Gasteiger partial charge in [0.1, 0.15) is 12.4 Å². The number of pyridine rings is 1. The standard InChI is InChI=1S/C12H17N3O2/c13-10(15-11-5-1-3-7-14-11)9-17-12-6-2-4-8-16-12/h1,3,5,7,12H,2,4,6,8-9H2,(H2,13,14,15). The predicted octanol–water partition coefficient (Wildman–Crippen LogP) is 1.61. The highest BCUT2D eigenvalue weighted by atomic mass is 16.7. The van der Waals surface area contributed by atoms with Crippen molar-refractivity contribution >= 4 is 11.7 Å². The maximum atomic E-state index is 5.75. The summed E-state index contributed by atoms with van der Waals surface area (Å²) in [4.78, 5) is 8.21. The third-order valence-electron chi connectivity index (χ3n) is 2.46. The Morgan fingerprint density at radius 3 is 3.18 bits per heavy atom. The van der Waals surface area contributed by atoms with Gasteiger partial charge in [-0.1, -0.05) is 6.07 Å². The van der Waals surface area contributed by atoms with E-state index < -0.39 is 0 Å². The summed E-state index contributed by atoms with van der Waals surface area (Å²) in [5.74, 6) is 1.01. The van der Waals surface area contributed by atoms with Gasteiger partial charge in [0.15, 0.2) is 12.1 Å². The average Bonchev–Trinajstić information content (AvgIpc) is 2.39. The van der Waals surface area contributed by atoms with Crippen molar-refractivity contribution in [2.24, 2.45) is 10.7 Å². The molecule has 2 rings (SSSR count). The molecule has 0 aromatic carbocycles. The average molecular weight is 235 g/mol. The van der Waals surface area contributed by atoms with E-state index in [2.05, 4.69) is 9.98 Å². The zero-order chi connectivity index (χ0) is 11.9. The summed E-state index contributed by atoms with van der Waals surface area (Å²) in [6.45, 7) is 1.04. The molecule has 2 heterocycles. The number of ether oxygens (including phenoxy) is 2. The van der Waals surface area contributed by atoms with Gasteiger partial charge in [-0.15, -0.1) is 0 Å². The molecule has 1 saturated heterocycles. The van der Waals surface area contributed by atoms with Crippen molar-refractivity contribution in [3.63, 3.8) is 0 Å². The number of nitrogens with zero attached hydrogens (tertiary/aromatic N) is 2. The Balaban J connectivity index is 1.80. The molecule has 0 spiro atoms. The summed E-state index contributed by atoms with van der Waals surface area (Å²) in [7, 11) is 0. The van der Waals surface area contributed by atoms with Crippen LogP contribution in [-0.2, 0) is 9.47 Å². The fourth-order valence-corrected chi connectivity index (χ4v) is 1.62. The van der Waals surface area contributed by atoms with Crippen LogP contribution in [0.15, 0.2) is 29.4 Å². The van der Waals surface area contributed by atoms with Gasteiger partial charge in [-0.3, -0.25) is 0 Å². The Hall–Kier alpha value is -1.46. The zero-order valence-corrected chi connectivity index (χ0v) is 9.71. The molecule has 1 fully saturated rings. The van der Waals surface area contributed by atoms with Gasteiger partial charge in [0, 0.05) is 12.8 Å². The van der Waals surface area contributed by atoms with E-state index in [1.54, 1.807) is 12.3 Å². The van der Waals surface area contributed by atoms with Gasteiger partial charge in [0.2, 0.25) is 0 Å². The molecular formula is C12H17N3O2. The molecular weight excluding hydrogens is 218 g/mol. The van der Waals surface area contributed by atoms with E-state index in [4.69, 9.17) is 15.2 Å². The number of hydrogen-bond donors (Lipinski definition) is 1. The molecule has 1 aliphatic rings. The summed E-state index contributed by atoms with van der Waals surface area (Å²) >= 11 is 0. The minimum absolute atomic E-state index is 0.138. The molecule has 1 atom stereocenters. The highest BCUT2D eigenvalue weighted by Crippen LogP contribution is 2.13. The van der Waals surface area contributed by atoms with Crippen LogP contribution in [-0.4, -0.2) is 30.3 Å². The van der Waals surface area contributed by atoms with Gasteiger partial charge in [0.05, 0.1) is 0 Å². The monoisotopic (exact) mass is 235 g/mol. The molecule has 0 aliphatic carbocycles. The minimum Gasteiger partial charge on any atom is -0.385 e. The SMILES string of the molecule is N/C(COC1CCCCO1)=N\c1ccccn1. The molecule has 1 aliphatic heterocycles. The van der Waals surface area contributed by atoms with Gasteiger partial charge in [0.25, 0.3) is 0 Å². The van der Waals surface area contributed by atoms with Crippen molar-refractivity contribution in [1.82, 2.24) is 4.98 Å². The van der Waals surface area contributed by atoms with Crippen molar-refractivity contribution < 1.29 is 9.47 Å². The second-order valence-corrected chi connectivity index (χ2v) is 3.90. The van der Waals surface area contributed by atoms with Gasteiger partial charge in [-0.25, -0.2) is 9.98 Å². The second-order valence-electron chi connectivity index (χ2n) is 3.90. The third kappa shape index (κ3) is 4.13. The van der Waals surface area contributed by atoms with Gasteiger partial charge >= 0.3 is 0 Å².